The van der Waals surface area contributed by atoms with E-state index in [1.165, 1.54) is 15.9 Å². The lowest BCUT2D eigenvalue weighted by Gasteiger charge is -2.12. The third kappa shape index (κ3) is 2.77. The van der Waals surface area contributed by atoms with E-state index in [0.717, 1.165) is 10.6 Å². The summed E-state index contributed by atoms with van der Waals surface area (Å²) >= 11 is 1.43. The molecular formula is C19H14N2O3S. The average Bonchev–Trinajstić information content (AvgIpc) is 3.17. The molecular weight excluding hydrogens is 336 g/mol. The van der Waals surface area contributed by atoms with Crippen molar-refractivity contribution >= 4 is 22.4 Å². The largest absolute Gasteiger partial charge is 0.615 e. The molecule has 0 aliphatic carbocycles. The molecule has 6 heteroatoms. The SMILES string of the molecule is O=c1c(OCc2ccccc2)[n+]([O-])c2ccccc2n1-c1cccs1. The topological polar surface area (TPSA) is 58.2 Å². The summed E-state index contributed by atoms with van der Waals surface area (Å²) < 4.78 is 7.72. The van der Waals surface area contributed by atoms with Gasteiger partial charge >= 0.3 is 11.4 Å². The van der Waals surface area contributed by atoms with Crippen LogP contribution in [0.4, 0.5) is 0 Å². The molecule has 0 spiro atoms. The van der Waals surface area contributed by atoms with Crippen molar-refractivity contribution in [3.05, 3.63) is 93.2 Å². The van der Waals surface area contributed by atoms with E-state index in [9.17, 15) is 10.0 Å². The number of benzene rings is 2. The minimum absolute atomic E-state index is 0.154. The first-order valence-corrected chi connectivity index (χ1v) is 8.61. The van der Waals surface area contributed by atoms with Gasteiger partial charge in [-0.1, -0.05) is 42.5 Å². The van der Waals surface area contributed by atoms with Gasteiger partial charge < -0.3 is 9.94 Å². The van der Waals surface area contributed by atoms with Crippen LogP contribution in [0.3, 0.4) is 0 Å². The Morgan fingerprint density at radius 3 is 2.52 bits per heavy atom. The second-order valence-electron chi connectivity index (χ2n) is 5.45. The standard InChI is InChI=1S/C19H14N2O3S/c22-18-19(24-13-14-7-2-1-3-8-14)21(23)16-10-5-4-9-15(16)20(18)17-11-6-12-25-17/h1-12H,13H2. The molecule has 2 heterocycles. The van der Waals surface area contributed by atoms with Gasteiger partial charge in [0.1, 0.15) is 17.1 Å². The van der Waals surface area contributed by atoms with Crippen LogP contribution in [0, 0.1) is 5.21 Å². The van der Waals surface area contributed by atoms with Gasteiger partial charge in [-0.2, -0.15) is 0 Å². The van der Waals surface area contributed by atoms with Gasteiger partial charge in [-0.05, 0) is 29.1 Å². The highest BCUT2D eigenvalue weighted by Crippen LogP contribution is 2.20. The zero-order chi connectivity index (χ0) is 17.2. The smallest absolute Gasteiger partial charge is 0.448 e. The molecule has 0 aliphatic heterocycles. The lowest BCUT2D eigenvalue weighted by molar-refractivity contribution is -0.587. The molecule has 0 atom stereocenters. The van der Waals surface area contributed by atoms with Gasteiger partial charge in [-0.15, -0.1) is 16.1 Å². The van der Waals surface area contributed by atoms with Crippen molar-refractivity contribution in [1.29, 1.82) is 0 Å². The molecule has 0 amide bonds. The molecule has 0 saturated heterocycles. The summed E-state index contributed by atoms with van der Waals surface area (Å²) in [6.07, 6.45) is 0. The fourth-order valence-electron chi connectivity index (χ4n) is 2.69. The van der Waals surface area contributed by atoms with E-state index in [0.29, 0.717) is 15.8 Å². The van der Waals surface area contributed by atoms with E-state index in [1.807, 2.05) is 47.8 Å². The highest BCUT2D eigenvalue weighted by Gasteiger charge is 2.23. The molecule has 2 aromatic heterocycles. The Kier molecular flexibility index (Phi) is 3.95. The number of rotatable bonds is 4. The number of aromatic nitrogens is 2. The van der Waals surface area contributed by atoms with Gasteiger partial charge in [0.15, 0.2) is 0 Å². The normalized spacial score (nSPS) is 10.9. The van der Waals surface area contributed by atoms with E-state index >= 15 is 0 Å². The molecule has 0 N–H and O–H groups in total. The van der Waals surface area contributed by atoms with E-state index in [4.69, 9.17) is 4.74 Å². The third-order valence-corrected chi connectivity index (χ3v) is 4.71. The highest BCUT2D eigenvalue weighted by molar-refractivity contribution is 7.12. The fourth-order valence-corrected chi connectivity index (χ4v) is 3.43. The first-order valence-electron chi connectivity index (χ1n) is 7.73. The van der Waals surface area contributed by atoms with E-state index < -0.39 is 5.56 Å². The van der Waals surface area contributed by atoms with Crippen molar-refractivity contribution in [2.45, 2.75) is 6.61 Å². The van der Waals surface area contributed by atoms with Crippen molar-refractivity contribution in [2.75, 3.05) is 0 Å². The molecule has 25 heavy (non-hydrogen) atoms. The molecule has 0 aliphatic rings. The molecule has 2 aromatic carbocycles. The van der Waals surface area contributed by atoms with Crippen LogP contribution in [0.1, 0.15) is 5.56 Å². The molecule has 0 fully saturated rings. The van der Waals surface area contributed by atoms with Crippen molar-refractivity contribution in [2.24, 2.45) is 0 Å². The maximum Gasteiger partial charge on any atom is 0.448 e. The molecule has 0 unspecified atom stereocenters. The third-order valence-electron chi connectivity index (χ3n) is 3.86. The quantitative estimate of drug-likeness (QED) is 0.419. The van der Waals surface area contributed by atoms with Crippen LogP contribution in [-0.4, -0.2) is 4.57 Å². The van der Waals surface area contributed by atoms with E-state index in [-0.39, 0.29) is 12.5 Å². The van der Waals surface area contributed by atoms with Crippen LogP contribution in [-0.2, 0) is 6.61 Å². The number of para-hydroxylation sites is 2. The van der Waals surface area contributed by atoms with Gasteiger partial charge in [0.05, 0.1) is 0 Å². The number of hydrogen-bond acceptors (Lipinski definition) is 4. The summed E-state index contributed by atoms with van der Waals surface area (Å²) in [7, 11) is 0. The number of nitrogens with zero attached hydrogens (tertiary/aromatic N) is 2. The molecule has 4 aromatic rings. The van der Waals surface area contributed by atoms with Gasteiger partial charge in [-0.3, -0.25) is 9.36 Å². The second kappa shape index (κ2) is 6.41. The Balaban J connectivity index is 1.88. The molecule has 5 nitrogen and oxygen atoms in total. The Hall–Kier alpha value is -3.12. The van der Waals surface area contributed by atoms with Gasteiger partial charge in [0.25, 0.3) is 0 Å². The van der Waals surface area contributed by atoms with E-state index in [1.54, 1.807) is 24.3 Å². The number of ether oxygens (including phenoxy) is 1. The Bertz CT molecular complexity index is 1070. The minimum atomic E-state index is -0.466. The second-order valence-corrected chi connectivity index (χ2v) is 6.38. The summed E-state index contributed by atoms with van der Waals surface area (Å²) in [5.41, 5.74) is 1.36. The number of fused-ring (bicyclic) bond motifs is 1. The number of hydrogen-bond donors (Lipinski definition) is 0. The molecule has 124 valence electrons. The molecule has 0 radical (unpaired) electrons. The minimum Gasteiger partial charge on any atom is -0.615 e. The Morgan fingerprint density at radius 2 is 1.76 bits per heavy atom. The Labute approximate surface area is 147 Å². The molecule has 0 bridgehead atoms. The first-order chi connectivity index (χ1) is 12.3. The van der Waals surface area contributed by atoms with Crippen molar-refractivity contribution in [1.82, 2.24) is 4.57 Å². The van der Waals surface area contributed by atoms with Gasteiger partial charge in [0.2, 0.25) is 5.52 Å². The monoisotopic (exact) mass is 350 g/mol. The summed E-state index contributed by atoms with van der Waals surface area (Å²) in [4.78, 5) is 12.9. The summed E-state index contributed by atoms with van der Waals surface area (Å²) in [5.74, 6) is -0.226. The predicted octanol–water partition coefficient (Wildman–Crippen LogP) is 3.26. The fraction of sp³-hybridized carbons (Fsp3) is 0.0526. The maximum atomic E-state index is 12.9. The van der Waals surface area contributed by atoms with Crippen LogP contribution in [0.25, 0.3) is 16.0 Å². The number of thiophene rings is 1. The molecule has 0 saturated carbocycles. The summed E-state index contributed by atoms with van der Waals surface area (Å²) in [6.45, 7) is 0.154. The van der Waals surface area contributed by atoms with Gasteiger partial charge in [0, 0.05) is 6.07 Å². The van der Waals surface area contributed by atoms with Gasteiger partial charge in [-0.25, -0.2) is 0 Å². The zero-order valence-corrected chi connectivity index (χ0v) is 14.0. The van der Waals surface area contributed by atoms with Crippen LogP contribution >= 0.6 is 11.3 Å². The van der Waals surface area contributed by atoms with Crippen molar-refractivity contribution < 1.29 is 9.47 Å². The zero-order valence-electron chi connectivity index (χ0n) is 13.2. The summed E-state index contributed by atoms with van der Waals surface area (Å²) in [5, 5.41) is 15.3. The van der Waals surface area contributed by atoms with E-state index in [2.05, 4.69) is 0 Å². The highest BCUT2D eigenvalue weighted by atomic mass is 32.1. The lowest BCUT2D eigenvalue weighted by Crippen LogP contribution is -2.39. The van der Waals surface area contributed by atoms with Crippen LogP contribution in [0.5, 0.6) is 5.88 Å². The van der Waals surface area contributed by atoms with Crippen molar-refractivity contribution in [3.8, 4) is 10.9 Å². The van der Waals surface area contributed by atoms with Crippen LogP contribution < -0.4 is 15.0 Å². The van der Waals surface area contributed by atoms with Crippen LogP contribution in [0.2, 0.25) is 0 Å². The van der Waals surface area contributed by atoms with Crippen LogP contribution in [0.15, 0.2) is 76.9 Å². The van der Waals surface area contributed by atoms with Crippen molar-refractivity contribution in [3.63, 3.8) is 0 Å². The summed E-state index contributed by atoms with van der Waals surface area (Å²) in [6, 6.07) is 20.1. The average molecular weight is 350 g/mol. The lowest BCUT2D eigenvalue weighted by atomic mass is 10.2. The Morgan fingerprint density at radius 1 is 1.00 bits per heavy atom. The maximum absolute atomic E-state index is 12.9. The molecule has 4 rings (SSSR count). The first kappa shape index (κ1) is 15.4. The predicted molar refractivity (Wildman–Crippen MR) is 97.2 cm³/mol.